The lowest BCUT2D eigenvalue weighted by Crippen LogP contribution is -2.35. The zero-order valence-corrected chi connectivity index (χ0v) is 9.46. The highest BCUT2D eigenvalue weighted by Crippen LogP contribution is 2.31. The Labute approximate surface area is 92.0 Å². The van der Waals surface area contributed by atoms with Gasteiger partial charge in [0.2, 0.25) is 0 Å². The maximum absolute atomic E-state index is 10.3. The van der Waals surface area contributed by atoms with Crippen molar-refractivity contribution in [1.29, 1.82) is 0 Å². The number of benzene rings is 1. The molecule has 0 aromatic heterocycles. The first kappa shape index (κ1) is 10.1. The minimum atomic E-state index is -0.790. The summed E-state index contributed by atoms with van der Waals surface area (Å²) >= 11 is 3.40. The van der Waals surface area contributed by atoms with Gasteiger partial charge in [-0.3, -0.25) is 0 Å². The van der Waals surface area contributed by atoms with Crippen LogP contribution in [-0.2, 0) is 10.3 Å². The van der Waals surface area contributed by atoms with Gasteiger partial charge in [-0.15, -0.1) is 0 Å². The molecule has 1 aromatic rings. The van der Waals surface area contributed by atoms with Gasteiger partial charge in [0.15, 0.2) is 0 Å². The summed E-state index contributed by atoms with van der Waals surface area (Å²) in [4.78, 5) is 0. The molecule has 1 atom stereocenters. The fraction of sp³-hybridized carbons (Fsp3) is 0.455. The Morgan fingerprint density at radius 2 is 2.29 bits per heavy atom. The van der Waals surface area contributed by atoms with E-state index in [-0.39, 0.29) is 0 Å². The zero-order chi connectivity index (χ0) is 10.0. The predicted octanol–water partition coefficient (Wildman–Crippen LogP) is 2.45. The summed E-state index contributed by atoms with van der Waals surface area (Å²) in [6.45, 7) is 1.17. The van der Waals surface area contributed by atoms with E-state index in [9.17, 15) is 5.11 Å². The number of ether oxygens (including phenoxy) is 1. The third kappa shape index (κ3) is 2.00. The number of hydrogen-bond acceptors (Lipinski definition) is 2. The summed E-state index contributed by atoms with van der Waals surface area (Å²) in [7, 11) is 0. The van der Waals surface area contributed by atoms with E-state index >= 15 is 0 Å². The molecule has 14 heavy (non-hydrogen) atoms. The van der Waals surface area contributed by atoms with E-state index in [4.69, 9.17) is 4.74 Å². The van der Waals surface area contributed by atoms with E-state index in [1.807, 2.05) is 24.3 Å². The molecule has 1 aliphatic rings. The molecule has 1 aliphatic heterocycles. The Kier molecular flexibility index (Phi) is 2.91. The molecule has 1 fully saturated rings. The predicted molar refractivity (Wildman–Crippen MR) is 58.1 cm³/mol. The molecule has 76 valence electrons. The summed E-state index contributed by atoms with van der Waals surface area (Å²) in [5.74, 6) is 0. The smallest absolute Gasteiger partial charge is 0.113 e. The molecule has 0 radical (unpaired) electrons. The Hall–Kier alpha value is -0.380. The summed E-state index contributed by atoms with van der Waals surface area (Å²) in [5.41, 5.74) is 0.147. The zero-order valence-electron chi connectivity index (χ0n) is 7.87. The van der Waals surface area contributed by atoms with Gasteiger partial charge in [-0.2, -0.15) is 0 Å². The van der Waals surface area contributed by atoms with Crippen molar-refractivity contribution < 1.29 is 9.84 Å². The van der Waals surface area contributed by atoms with E-state index in [0.29, 0.717) is 6.61 Å². The van der Waals surface area contributed by atoms with Gasteiger partial charge < -0.3 is 9.84 Å². The highest BCUT2D eigenvalue weighted by atomic mass is 79.9. The van der Waals surface area contributed by atoms with Gasteiger partial charge >= 0.3 is 0 Å². The SMILES string of the molecule is OC1(c2cccc(Br)c2)CCCOC1. The van der Waals surface area contributed by atoms with Crippen LogP contribution in [0.25, 0.3) is 0 Å². The van der Waals surface area contributed by atoms with Crippen LogP contribution in [0, 0.1) is 0 Å². The molecular formula is C11H13BrO2. The van der Waals surface area contributed by atoms with Crippen molar-refractivity contribution in [3.63, 3.8) is 0 Å². The van der Waals surface area contributed by atoms with Crippen molar-refractivity contribution in [2.24, 2.45) is 0 Å². The molecule has 0 saturated carbocycles. The average molecular weight is 257 g/mol. The molecule has 0 amide bonds. The quantitative estimate of drug-likeness (QED) is 0.837. The van der Waals surface area contributed by atoms with Crippen molar-refractivity contribution in [3.05, 3.63) is 34.3 Å². The second kappa shape index (κ2) is 4.01. The van der Waals surface area contributed by atoms with Gasteiger partial charge in [0.05, 0.1) is 6.61 Å². The third-order valence-corrected chi connectivity index (χ3v) is 3.08. The fourth-order valence-electron chi connectivity index (χ4n) is 1.79. The molecule has 1 unspecified atom stereocenters. The van der Waals surface area contributed by atoms with Crippen LogP contribution in [0.15, 0.2) is 28.7 Å². The van der Waals surface area contributed by atoms with Gasteiger partial charge in [-0.25, -0.2) is 0 Å². The van der Waals surface area contributed by atoms with Crippen molar-refractivity contribution in [2.45, 2.75) is 18.4 Å². The topological polar surface area (TPSA) is 29.5 Å². The minimum absolute atomic E-state index is 0.406. The van der Waals surface area contributed by atoms with Crippen LogP contribution in [0.4, 0.5) is 0 Å². The van der Waals surface area contributed by atoms with Gasteiger partial charge in [0.1, 0.15) is 5.60 Å². The summed E-state index contributed by atoms with van der Waals surface area (Å²) < 4.78 is 6.31. The average Bonchev–Trinajstić information content (AvgIpc) is 2.19. The normalized spacial score (nSPS) is 27.6. The number of aliphatic hydroxyl groups is 1. The first-order chi connectivity index (χ1) is 6.71. The maximum Gasteiger partial charge on any atom is 0.113 e. The highest BCUT2D eigenvalue weighted by Gasteiger charge is 2.31. The second-order valence-electron chi connectivity index (χ2n) is 3.70. The lowest BCUT2D eigenvalue weighted by molar-refractivity contribution is -0.0903. The molecule has 2 nitrogen and oxygen atoms in total. The third-order valence-electron chi connectivity index (χ3n) is 2.58. The Morgan fingerprint density at radius 1 is 1.43 bits per heavy atom. The van der Waals surface area contributed by atoms with E-state index in [2.05, 4.69) is 15.9 Å². The molecule has 1 N–H and O–H groups in total. The Bertz CT molecular complexity index is 319. The summed E-state index contributed by atoms with van der Waals surface area (Å²) in [6.07, 6.45) is 1.70. The molecular weight excluding hydrogens is 244 g/mol. The van der Waals surface area contributed by atoms with Crippen molar-refractivity contribution >= 4 is 15.9 Å². The van der Waals surface area contributed by atoms with E-state index < -0.39 is 5.60 Å². The number of hydrogen-bond donors (Lipinski definition) is 1. The first-order valence-electron chi connectivity index (χ1n) is 4.77. The number of rotatable bonds is 1. The monoisotopic (exact) mass is 256 g/mol. The van der Waals surface area contributed by atoms with Crippen LogP contribution in [0.2, 0.25) is 0 Å². The van der Waals surface area contributed by atoms with Crippen LogP contribution < -0.4 is 0 Å². The molecule has 1 saturated heterocycles. The largest absolute Gasteiger partial charge is 0.383 e. The minimum Gasteiger partial charge on any atom is -0.383 e. The van der Waals surface area contributed by atoms with Gasteiger partial charge in [0.25, 0.3) is 0 Å². The Morgan fingerprint density at radius 3 is 2.93 bits per heavy atom. The van der Waals surface area contributed by atoms with Gasteiger partial charge in [-0.1, -0.05) is 28.1 Å². The van der Waals surface area contributed by atoms with Gasteiger partial charge in [0, 0.05) is 11.1 Å². The van der Waals surface area contributed by atoms with Crippen LogP contribution >= 0.6 is 15.9 Å². The second-order valence-corrected chi connectivity index (χ2v) is 4.61. The highest BCUT2D eigenvalue weighted by molar-refractivity contribution is 9.10. The molecule has 0 spiro atoms. The van der Waals surface area contributed by atoms with E-state index in [1.165, 1.54) is 0 Å². The fourth-order valence-corrected chi connectivity index (χ4v) is 2.18. The summed E-state index contributed by atoms with van der Waals surface area (Å²) in [6, 6.07) is 7.79. The number of halogens is 1. The van der Waals surface area contributed by atoms with Gasteiger partial charge in [-0.05, 0) is 30.5 Å². The van der Waals surface area contributed by atoms with Crippen LogP contribution in [-0.4, -0.2) is 18.3 Å². The molecule has 2 rings (SSSR count). The van der Waals surface area contributed by atoms with Crippen molar-refractivity contribution in [3.8, 4) is 0 Å². The van der Waals surface area contributed by atoms with E-state index in [0.717, 1.165) is 29.5 Å². The molecule has 0 aliphatic carbocycles. The maximum atomic E-state index is 10.3. The Balaban J connectivity index is 2.28. The molecule has 1 aromatic carbocycles. The molecule has 0 bridgehead atoms. The van der Waals surface area contributed by atoms with Crippen molar-refractivity contribution in [2.75, 3.05) is 13.2 Å². The summed E-state index contributed by atoms with van der Waals surface area (Å²) in [5, 5.41) is 10.3. The lowest BCUT2D eigenvalue weighted by Gasteiger charge is -2.32. The molecule has 1 heterocycles. The first-order valence-corrected chi connectivity index (χ1v) is 5.56. The van der Waals surface area contributed by atoms with Crippen LogP contribution in [0.5, 0.6) is 0 Å². The van der Waals surface area contributed by atoms with Crippen LogP contribution in [0.1, 0.15) is 18.4 Å². The molecule has 3 heteroatoms. The van der Waals surface area contributed by atoms with Crippen molar-refractivity contribution in [1.82, 2.24) is 0 Å². The lowest BCUT2D eigenvalue weighted by atomic mass is 9.89. The standard InChI is InChI=1S/C11H13BrO2/c12-10-4-1-3-9(7-10)11(13)5-2-6-14-8-11/h1,3-4,7,13H,2,5-6,8H2. The van der Waals surface area contributed by atoms with Crippen LogP contribution in [0.3, 0.4) is 0 Å². The van der Waals surface area contributed by atoms with E-state index in [1.54, 1.807) is 0 Å².